The minimum atomic E-state index is 0.729. The standard InChI is InChI=1S/C15H17IN2O/c16-15-7-6-14(19-15)11-17-12-4-3-5-13(10-12)18-8-1-2-9-18/h3-7,10,17H,1-2,8-9,11H2. The Hall–Kier alpha value is -1.17. The first-order valence-corrected chi connectivity index (χ1v) is 7.72. The molecule has 2 heterocycles. The zero-order chi connectivity index (χ0) is 13.1. The fraction of sp³-hybridized carbons (Fsp3) is 0.333. The molecule has 100 valence electrons. The first kappa shape index (κ1) is 12.8. The Kier molecular flexibility index (Phi) is 3.96. The van der Waals surface area contributed by atoms with Gasteiger partial charge in [-0.2, -0.15) is 0 Å². The number of hydrogen-bond acceptors (Lipinski definition) is 3. The maximum absolute atomic E-state index is 5.55. The minimum Gasteiger partial charge on any atom is -0.454 e. The summed E-state index contributed by atoms with van der Waals surface area (Å²) in [5, 5.41) is 3.41. The van der Waals surface area contributed by atoms with E-state index in [2.05, 4.69) is 57.1 Å². The van der Waals surface area contributed by atoms with Crippen LogP contribution < -0.4 is 10.2 Å². The van der Waals surface area contributed by atoms with Crippen LogP contribution in [0, 0.1) is 3.77 Å². The quantitative estimate of drug-likeness (QED) is 0.824. The number of anilines is 2. The van der Waals surface area contributed by atoms with E-state index in [1.54, 1.807) is 0 Å². The van der Waals surface area contributed by atoms with Gasteiger partial charge in [-0.15, -0.1) is 0 Å². The Labute approximate surface area is 127 Å². The maximum atomic E-state index is 5.55. The van der Waals surface area contributed by atoms with E-state index >= 15 is 0 Å². The molecule has 0 aliphatic carbocycles. The van der Waals surface area contributed by atoms with Crippen LogP contribution in [0.3, 0.4) is 0 Å². The van der Waals surface area contributed by atoms with E-state index in [1.807, 2.05) is 12.1 Å². The lowest BCUT2D eigenvalue weighted by Gasteiger charge is -2.18. The summed E-state index contributed by atoms with van der Waals surface area (Å²) in [6, 6.07) is 12.6. The zero-order valence-electron chi connectivity index (χ0n) is 10.7. The van der Waals surface area contributed by atoms with Crippen molar-refractivity contribution in [2.24, 2.45) is 0 Å². The Morgan fingerprint density at radius 2 is 2.00 bits per heavy atom. The van der Waals surface area contributed by atoms with Gasteiger partial charge in [0.1, 0.15) is 5.76 Å². The van der Waals surface area contributed by atoms with E-state index in [-0.39, 0.29) is 0 Å². The number of hydrogen-bond donors (Lipinski definition) is 1. The van der Waals surface area contributed by atoms with Crippen molar-refractivity contribution < 1.29 is 4.42 Å². The van der Waals surface area contributed by atoms with Gasteiger partial charge in [-0.05, 0) is 65.8 Å². The highest BCUT2D eigenvalue weighted by atomic mass is 127. The fourth-order valence-corrected chi connectivity index (χ4v) is 2.89. The van der Waals surface area contributed by atoms with Crippen molar-refractivity contribution in [1.82, 2.24) is 0 Å². The van der Waals surface area contributed by atoms with Crippen LogP contribution in [0.4, 0.5) is 11.4 Å². The first-order chi connectivity index (χ1) is 9.31. The molecule has 0 saturated carbocycles. The van der Waals surface area contributed by atoms with Gasteiger partial charge in [0.2, 0.25) is 0 Å². The Balaban J connectivity index is 1.65. The molecule has 0 radical (unpaired) electrons. The SMILES string of the molecule is Ic1ccc(CNc2cccc(N3CCCC3)c2)o1. The molecular weight excluding hydrogens is 351 g/mol. The molecule has 1 fully saturated rings. The van der Waals surface area contributed by atoms with Gasteiger partial charge in [0, 0.05) is 24.5 Å². The van der Waals surface area contributed by atoms with Gasteiger partial charge in [-0.25, -0.2) is 0 Å². The van der Waals surface area contributed by atoms with Crippen LogP contribution in [0.15, 0.2) is 40.8 Å². The molecule has 0 unspecified atom stereocenters. The predicted octanol–water partition coefficient (Wildman–Crippen LogP) is 4.10. The van der Waals surface area contributed by atoms with Crippen LogP contribution in [0.25, 0.3) is 0 Å². The van der Waals surface area contributed by atoms with E-state index in [9.17, 15) is 0 Å². The molecule has 4 heteroatoms. The molecule has 1 N–H and O–H groups in total. The largest absolute Gasteiger partial charge is 0.454 e. The van der Waals surface area contributed by atoms with Crippen molar-refractivity contribution >= 4 is 34.0 Å². The Morgan fingerprint density at radius 3 is 2.74 bits per heavy atom. The summed E-state index contributed by atoms with van der Waals surface area (Å²) in [5.74, 6) is 0.968. The van der Waals surface area contributed by atoms with Gasteiger partial charge in [0.25, 0.3) is 0 Å². The molecule has 1 saturated heterocycles. The molecule has 2 aromatic rings. The van der Waals surface area contributed by atoms with Crippen molar-refractivity contribution in [3.05, 3.63) is 45.9 Å². The summed E-state index contributed by atoms with van der Waals surface area (Å²) < 4.78 is 6.48. The number of halogens is 1. The molecule has 0 atom stereocenters. The summed E-state index contributed by atoms with van der Waals surface area (Å²) in [6.07, 6.45) is 2.62. The molecule has 19 heavy (non-hydrogen) atoms. The average molecular weight is 368 g/mol. The van der Waals surface area contributed by atoms with Crippen LogP contribution in [0.5, 0.6) is 0 Å². The molecule has 0 spiro atoms. The van der Waals surface area contributed by atoms with Crippen LogP contribution in [0.1, 0.15) is 18.6 Å². The maximum Gasteiger partial charge on any atom is 0.164 e. The number of nitrogens with zero attached hydrogens (tertiary/aromatic N) is 1. The average Bonchev–Trinajstić information content (AvgIpc) is 3.08. The summed E-state index contributed by atoms with van der Waals surface area (Å²) in [6.45, 7) is 3.09. The van der Waals surface area contributed by atoms with Crippen LogP contribution in [-0.4, -0.2) is 13.1 Å². The van der Waals surface area contributed by atoms with E-state index in [1.165, 1.54) is 31.6 Å². The molecule has 1 aromatic carbocycles. The van der Waals surface area contributed by atoms with Crippen LogP contribution in [-0.2, 0) is 6.54 Å². The third-order valence-corrected chi connectivity index (χ3v) is 3.99. The van der Waals surface area contributed by atoms with Gasteiger partial charge in [-0.3, -0.25) is 0 Å². The first-order valence-electron chi connectivity index (χ1n) is 6.64. The lowest BCUT2D eigenvalue weighted by Crippen LogP contribution is -2.17. The summed E-state index contributed by atoms with van der Waals surface area (Å²) in [5.41, 5.74) is 2.47. The summed E-state index contributed by atoms with van der Waals surface area (Å²) >= 11 is 2.18. The van der Waals surface area contributed by atoms with E-state index in [0.29, 0.717) is 0 Å². The number of benzene rings is 1. The van der Waals surface area contributed by atoms with Crippen molar-refractivity contribution in [1.29, 1.82) is 0 Å². The summed E-state index contributed by atoms with van der Waals surface area (Å²) in [7, 11) is 0. The molecule has 1 aliphatic heterocycles. The van der Waals surface area contributed by atoms with Crippen molar-refractivity contribution in [2.45, 2.75) is 19.4 Å². The van der Waals surface area contributed by atoms with E-state index in [4.69, 9.17) is 4.42 Å². The van der Waals surface area contributed by atoms with Gasteiger partial charge >= 0.3 is 0 Å². The van der Waals surface area contributed by atoms with Gasteiger partial charge in [-0.1, -0.05) is 6.07 Å². The highest BCUT2D eigenvalue weighted by Gasteiger charge is 2.12. The molecule has 1 aromatic heterocycles. The second-order valence-electron chi connectivity index (χ2n) is 4.80. The minimum absolute atomic E-state index is 0.729. The lowest BCUT2D eigenvalue weighted by molar-refractivity contribution is 0.493. The van der Waals surface area contributed by atoms with Gasteiger partial charge in [0.15, 0.2) is 3.77 Å². The van der Waals surface area contributed by atoms with Crippen molar-refractivity contribution in [3.63, 3.8) is 0 Å². The second-order valence-corrected chi connectivity index (χ2v) is 5.87. The third-order valence-electron chi connectivity index (χ3n) is 3.41. The summed E-state index contributed by atoms with van der Waals surface area (Å²) in [4.78, 5) is 2.45. The smallest absolute Gasteiger partial charge is 0.164 e. The molecular formula is C15H17IN2O. The van der Waals surface area contributed by atoms with Crippen LogP contribution >= 0.6 is 22.6 Å². The van der Waals surface area contributed by atoms with Crippen molar-refractivity contribution in [2.75, 3.05) is 23.3 Å². The second kappa shape index (κ2) is 5.86. The van der Waals surface area contributed by atoms with Crippen LogP contribution in [0.2, 0.25) is 0 Å². The number of nitrogens with one attached hydrogen (secondary N) is 1. The molecule has 0 amide bonds. The topological polar surface area (TPSA) is 28.4 Å². The van der Waals surface area contributed by atoms with Gasteiger partial charge in [0.05, 0.1) is 6.54 Å². The normalized spacial score (nSPS) is 14.9. The van der Waals surface area contributed by atoms with Gasteiger partial charge < -0.3 is 14.6 Å². The third kappa shape index (κ3) is 3.23. The van der Waals surface area contributed by atoms with Crippen molar-refractivity contribution in [3.8, 4) is 0 Å². The lowest BCUT2D eigenvalue weighted by atomic mass is 10.2. The van der Waals surface area contributed by atoms with E-state index < -0.39 is 0 Å². The fourth-order valence-electron chi connectivity index (χ4n) is 2.42. The Bertz CT molecular complexity index is 547. The monoisotopic (exact) mass is 368 g/mol. The predicted molar refractivity (Wildman–Crippen MR) is 86.6 cm³/mol. The number of rotatable bonds is 4. The zero-order valence-corrected chi connectivity index (χ0v) is 12.9. The number of furan rings is 1. The highest BCUT2D eigenvalue weighted by molar-refractivity contribution is 14.1. The molecule has 0 bridgehead atoms. The van der Waals surface area contributed by atoms with E-state index in [0.717, 1.165) is 21.8 Å². The Morgan fingerprint density at radius 1 is 1.16 bits per heavy atom. The molecule has 3 nitrogen and oxygen atoms in total. The highest BCUT2D eigenvalue weighted by Crippen LogP contribution is 2.23. The molecule has 3 rings (SSSR count). The molecule has 1 aliphatic rings.